The molecule has 2 N–H and O–H groups in total. The minimum absolute atomic E-state index is 0.0143. The van der Waals surface area contributed by atoms with Crippen molar-refractivity contribution in [2.75, 3.05) is 13.2 Å². The number of ether oxygens (including phenoxy) is 1. The molecule has 5 heteroatoms. The number of amides is 2. The molecule has 0 bridgehead atoms. The summed E-state index contributed by atoms with van der Waals surface area (Å²) in [6.45, 7) is 6.82. The zero-order valence-corrected chi connectivity index (χ0v) is 13.4. The molecule has 0 heterocycles. The third kappa shape index (κ3) is 3.65. The number of carbonyl (C=O) groups excluding carboxylic acids is 2. The predicted molar refractivity (Wildman–Crippen MR) is 84.5 cm³/mol. The molecule has 5 nitrogen and oxygen atoms in total. The molecule has 1 aliphatic rings. The molecule has 2 atom stereocenters. The fourth-order valence-corrected chi connectivity index (χ4v) is 2.71. The van der Waals surface area contributed by atoms with Gasteiger partial charge in [0.05, 0.1) is 12.6 Å². The maximum Gasteiger partial charge on any atom is 0.251 e. The van der Waals surface area contributed by atoms with Gasteiger partial charge in [-0.05, 0) is 25.5 Å². The van der Waals surface area contributed by atoms with Crippen molar-refractivity contribution in [3.05, 3.63) is 35.9 Å². The molecular weight excluding hydrogens is 280 g/mol. The third-order valence-corrected chi connectivity index (χ3v) is 4.33. The van der Waals surface area contributed by atoms with Gasteiger partial charge in [-0.1, -0.05) is 32.0 Å². The van der Waals surface area contributed by atoms with Gasteiger partial charge in [-0.25, -0.2) is 0 Å². The van der Waals surface area contributed by atoms with Crippen molar-refractivity contribution in [1.82, 2.24) is 10.6 Å². The van der Waals surface area contributed by atoms with Crippen molar-refractivity contribution < 1.29 is 14.3 Å². The number of benzene rings is 1. The third-order valence-electron chi connectivity index (χ3n) is 4.33. The molecule has 1 fully saturated rings. The number of hydrogen-bond acceptors (Lipinski definition) is 3. The molecule has 22 heavy (non-hydrogen) atoms. The Morgan fingerprint density at radius 3 is 2.55 bits per heavy atom. The summed E-state index contributed by atoms with van der Waals surface area (Å²) in [5.74, 6) is -0.409. The van der Waals surface area contributed by atoms with Gasteiger partial charge >= 0.3 is 0 Å². The average molecular weight is 304 g/mol. The summed E-state index contributed by atoms with van der Waals surface area (Å²) in [7, 11) is 0. The first-order valence-electron chi connectivity index (χ1n) is 7.69. The monoisotopic (exact) mass is 304 g/mol. The van der Waals surface area contributed by atoms with Crippen LogP contribution in [-0.2, 0) is 9.53 Å². The molecule has 1 aromatic carbocycles. The van der Waals surface area contributed by atoms with Crippen LogP contribution < -0.4 is 10.6 Å². The highest BCUT2D eigenvalue weighted by Gasteiger charge is 2.49. The van der Waals surface area contributed by atoms with Gasteiger partial charge in [0.2, 0.25) is 5.91 Å². The van der Waals surface area contributed by atoms with E-state index in [1.165, 1.54) is 0 Å². The largest absolute Gasteiger partial charge is 0.378 e. The molecule has 0 aliphatic heterocycles. The Hall–Kier alpha value is -1.88. The van der Waals surface area contributed by atoms with E-state index in [1.807, 2.05) is 13.0 Å². The smallest absolute Gasteiger partial charge is 0.251 e. The Morgan fingerprint density at radius 2 is 1.95 bits per heavy atom. The topological polar surface area (TPSA) is 67.4 Å². The summed E-state index contributed by atoms with van der Waals surface area (Å²) >= 11 is 0. The Bertz CT molecular complexity index is 528. The van der Waals surface area contributed by atoms with Crippen LogP contribution >= 0.6 is 0 Å². The zero-order valence-electron chi connectivity index (χ0n) is 13.4. The van der Waals surface area contributed by atoms with E-state index in [0.29, 0.717) is 12.2 Å². The minimum Gasteiger partial charge on any atom is -0.378 e. The van der Waals surface area contributed by atoms with Crippen LogP contribution in [-0.4, -0.2) is 37.1 Å². The van der Waals surface area contributed by atoms with Gasteiger partial charge in [0.15, 0.2) is 0 Å². The molecule has 0 saturated heterocycles. The SMILES string of the molecule is CCO[C@@H]1C[C@@H](NC(=O)CNC(=O)c2ccccc2)C1(C)C. The molecule has 120 valence electrons. The van der Waals surface area contributed by atoms with E-state index in [0.717, 1.165) is 6.42 Å². The fourth-order valence-electron chi connectivity index (χ4n) is 2.71. The van der Waals surface area contributed by atoms with Crippen molar-refractivity contribution in [3.8, 4) is 0 Å². The Balaban J connectivity index is 1.76. The summed E-state index contributed by atoms with van der Waals surface area (Å²) < 4.78 is 5.64. The number of rotatable bonds is 6. The highest BCUT2D eigenvalue weighted by Crippen LogP contribution is 2.42. The van der Waals surface area contributed by atoms with Crippen molar-refractivity contribution in [2.24, 2.45) is 5.41 Å². The second-order valence-corrected chi connectivity index (χ2v) is 6.17. The lowest BCUT2D eigenvalue weighted by Gasteiger charge is -2.51. The Labute approximate surface area is 131 Å². The molecule has 2 amide bonds. The summed E-state index contributed by atoms with van der Waals surface area (Å²) in [5.41, 5.74) is 0.477. The van der Waals surface area contributed by atoms with E-state index in [-0.39, 0.29) is 35.9 Å². The van der Waals surface area contributed by atoms with Crippen molar-refractivity contribution >= 4 is 11.8 Å². The first kappa shape index (κ1) is 16.5. The van der Waals surface area contributed by atoms with Crippen LogP contribution in [0.25, 0.3) is 0 Å². The Kier molecular flexibility index (Phi) is 5.19. The van der Waals surface area contributed by atoms with Gasteiger partial charge in [-0.2, -0.15) is 0 Å². The highest BCUT2D eigenvalue weighted by molar-refractivity contribution is 5.96. The lowest BCUT2D eigenvalue weighted by Crippen LogP contribution is -2.62. The lowest BCUT2D eigenvalue weighted by molar-refractivity contribution is -0.135. The second-order valence-electron chi connectivity index (χ2n) is 6.17. The van der Waals surface area contributed by atoms with E-state index in [2.05, 4.69) is 24.5 Å². The van der Waals surface area contributed by atoms with Crippen molar-refractivity contribution in [1.29, 1.82) is 0 Å². The lowest BCUT2D eigenvalue weighted by atomic mass is 9.64. The molecule has 2 rings (SSSR count). The summed E-state index contributed by atoms with van der Waals surface area (Å²) in [4.78, 5) is 23.8. The van der Waals surface area contributed by atoms with Crippen LogP contribution in [0.4, 0.5) is 0 Å². The van der Waals surface area contributed by atoms with Crippen LogP contribution in [0, 0.1) is 5.41 Å². The van der Waals surface area contributed by atoms with Gasteiger partial charge in [0.25, 0.3) is 5.91 Å². The molecule has 1 saturated carbocycles. The Morgan fingerprint density at radius 1 is 1.27 bits per heavy atom. The van der Waals surface area contributed by atoms with E-state index in [9.17, 15) is 9.59 Å². The highest BCUT2D eigenvalue weighted by atomic mass is 16.5. The van der Waals surface area contributed by atoms with E-state index in [4.69, 9.17) is 4.74 Å². The predicted octanol–water partition coefficient (Wildman–Crippen LogP) is 1.74. The van der Waals surface area contributed by atoms with Crippen LogP contribution in [0.3, 0.4) is 0 Å². The average Bonchev–Trinajstić information content (AvgIpc) is 2.52. The molecule has 1 aromatic rings. The van der Waals surface area contributed by atoms with E-state index in [1.54, 1.807) is 24.3 Å². The maximum atomic E-state index is 12.0. The van der Waals surface area contributed by atoms with Crippen LogP contribution in [0.5, 0.6) is 0 Å². The maximum absolute atomic E-state index is 12.0. The quantitative estimate of drug-likeness (QED) is 0.841. The summed E-state index contributed by atoms with van der Waals surface area (Å²) in [6.07, 6.45) is 1.00. The molecular formula is C17H24N2O3. The molecule has 0 radical (unpaired) electrons. The second kappa shape index (κ2) is 6.92. The van der Waals surface area contributed by atoms with Gasteiger partial charge in [0.1, 0.15) is 0 Å². The van der Waals surface area contributed by atoms with Gasteiger partial charge in [-0.15, -0.1) is 0 Å². The van der Waals surface area contributed by atoms with Crippen LogP contribution in [0.2, 0.25) is 0 Å². The first-order valence-corrected chi connectivity index (χ1v) is 7.69. The summed E-state index contributed by atoms with van der Waals surface area (Å²) in [5, 5.41) is 5.60. The van der Waals surface area contributed by atoms with Gasteiger partial charge in [0, 0.05) is 23.6 Å². The number of carbonyl (C=O) groups is 2. The van der Waals surface area contributed by atoms with Gasteiger partial charge < -0.3 is 15.4 Å². The normalized spacial score (nSPS) is 22.5. The van der Waals surface area contributed by atoms with Crippen LogP contribution in [0.1, 0.15) is 37.6 Å². The van der Waals surface area contributed by atoms with Crippen LogP contribution in [0.15, 0.2) is 30.3 Å². The fraction of sp³-hybridized carbons (Fsp3) is 0.529. The van der Waals surface area contributed by atoms with E-state index >= 15 is 0 Å². The standard InChI is InChI=1S/C17H24N2O3/c1-4-22-14-10-13(17(14,2)3)19-15(20)11-18-16(21)12-8-6-5-7-9-12/h5-9,13-14H,4,10-11H2,1-3H3,(H,18,21)(H,19,20)/t13-,14-/m1/s1. The van der Waals surface area contributed by atoms with Crippen molar-refractivity contribution in [3.63, 3.8) is 0 Å². The number of hydrogen-bond donors (Lipinski definition) is 2. The van der Waals surface area contributed by atoms with E-state index < -0.39 is 0 Å². The molecule has 0 spiro atoms. The molecule has 0 unspecified atom stereocenters. The molecule has 1 aliphatic carbocycles. The molecule has 0 aromatic heterocycles. The number of nitrogens with one attached hydrogen (secondary N) is 2. The van der Waals surface area contributed by atoms with Gasteiger partial charge in [-0.3, -0.25) is 9.59 Å². The van der Waals surface area contributed by atoms with Crippen molar-refractivity contribution in [2.45, 2.75) is 39.3 Å². The zero-order chi connectivity index (χ0) is 16.2. The first-order chi connectivity index (χ1) is 10.4. The minimum atomic E-state index is -0.240. The summed E-state index contributed by atoms with van der Waals surface area (Å²) in [6, 6.07) is 8.95.